The van der Waals surface area contributed by atoms with Gasteiger partial charge in [0.25, 0.3) is 5.56 Å². The van der Waals surface area contributed by atoms with Crippen LogP contribution in [0, 0.1) is 6.92 Å². The molecule has 0 amide bonds. The maximum Gasteiger partial charge on any atom is 0.294 e. The Morgan fingerprint density at radius 2 is 2.18 bits per heavy atom. The first kappa shape index (κ1) is 13.1. The molecule has 3 aromatic heterocycles. The number of hydrogen-bond donors (Lipinski definition) is 1. The summed E-state index contributed by atoms with van der Waals surface area (Å²) in [5.74, 6) is 1.36. The molecule has 1 aromatic carbocycles. The van der Waals surface area contributed by atoms with Crippen LogP contribution >= 0.6 is 11.8 Å². The van der Waals surface area contributed by atoms with Gasteiger partial charge in [-0.3, -0.25) is 9.20 Å². The van der Waals surface area contributed by atoms with E-state index in [0.717, 1.165) is 22.5 Å². The molecule has 0 aliphatic carbocycles. The van der Waals surface area contributed by atoms with E-state index in [-0.39, 0.29) is 11.2 Å². The van der Waals surface area contributed by atoms with Gasteiger partial charge >= 0.3 is 0 Å². The zero-order chi connectivity index (χ0) is 15.1. The van der Waals surface area contributed by atoms with Crippen molar-refractivity contribution in [1.29, 1.82) is 0 Å². The minimum Gasteiger partial charge on any atom is -0.361 e. The molecule has 0 fully saturated rings. The predicted octanol–water partition coefficient (Wildman–Crippen LogP) is 2.16. The van der Waals surface area contributed by atoms with Crippen molar-refractivity contribution in [3.05, 3.63) is 52.1 Å². The summed E-state index contributed by atoms with van der Waals surface area (Å²) >= 11 is 1.46. The largest absolute Gasteiger partial charge is 0.361 e. The molecular weight excluding hydrogens is 302 g/mol. The van der Waals surface area contributed by atoms with Gasteiger partial charge in [0.05, 0.1) is 16.7 Å². The molecule has 0 aliphatic rings. The van der Waals surface area contributed by atoms with Gasteiger partial charge in [0.2, 0.25) is 5.65 Å². The van der Waals surface area contributed by atoms with Crippen LogP contribution < -0.4 is 5.56 Å². The molecular formula is C14H11N5O2S. The van der Waals surface area contributed by atoms with Crippen molar-refractivity contribution in [3.8, 4) is 0 Å². The second kappa shape index (κ2) is 4.99. The van der Waals surface area contributed by atoms with Gasteiger partial charge in [0.1, 0.15) is 5.76 Å². The molecule has 1 N–H and O–H groups in total. The van der Waals surface area contributed by atoms with E-state index in [1.165, 1.54) is 11.8 Å². The molecule has 3 heterocycles. The number of benzene rings is 1. The number of aromatic nitrogens is 5. The lowest BCUT2D eigenvalue weighted by Gasteiger charge is -2.03. The minimum absolute atomic E-state index is 0.254. The lowest BCUT2D eigenvalue weighted by atomic mass is 10.3. The summed E-state index contributed by atoms with van der Waals surface area (Å²) in [6, 6.07) is 9.44. The average molecular weight is 313 g/mol. The molecule has 0 saturated heterocycles. The number of aryl methyl sites for hydroxylation is 1. The standard InChI is InChI=1S/C14H11N5O2S/c1-8-6-9(18-21-8)7-22-14-17-16-12-13(20)15-10-4-2-3-5-11(10)19(12)14/h2-6H,7H2,1H3,(H,15,20). The van der Waals surface area contributed by atoms with Crippen LogP contribution in [0.15, 0.2) is 44.8 Å². The first-order chi connectivity index (χ1) is 10.7. The summed E-state index contributed by atoms with van der Waals surface area (Å²) < 4.78 is 6.82. The molecule has 0 bridgehead atoms. The Kier molecular flexibility index (Phi) is 2.97. The van der Waals surface area contributed by atoms with Gasteiger partial charge in [-0.1, -0.05) is 29.1 Å². The van der Waals surface area contributed by atoms with E-state index in [2.05, 4.69) is 20.3 Å². The van der Waals surface area contributed by atoms with Crippen molar-refractivity contribution in [2.24, 2.45) is 0 Å². The fourth-order valence-electron chi connectivity index (χ4n) is 2.30. The molecule has 0 radical (unpaired) electrons. The van der Waals surface area contributed by atoms with Gasteiger partial charge in [-0.2, -0.15) is 0 Å². The van der Waals surface area contributed by atoms with Gasteiger partial charge < -0.3 is 9.51 Å². The number of fused-ring (bicyclic) bond motifs is 3. The number of nitrogens with one attached hydrogen (secondary N) is 1. The molecule has 0 saturated carbocycles. The fourth-order valence-corrected chi connectivity index (χ4v) is 3.13. The highest BCUT2D eigenvalue weighted by atomic mass is 32.2. The normalized spacial score (nSPS) is 11.5. The van der Waals surface area contributed by atoms with E-state index >= 15 is 0 Å². The van der Waals surface area contributed by atoms with Crippen molar-refractivity contribution in [2.75, 3.05) is 0 Å². The van der Waals surface area contributed by atoms with Crippen molar-refractivity contribution in [1.82, 2.24) is 24.7 Å². The Balaban J connectivity index is 1.82. The third-order valence-corrected chi connectivity index (χ3v) is 4.22. The van der Waals surface area contributed by atoms with E-state index < -0.39 is 0 Å². The van der Waals surface area contributed by atoms with Crippen LogP contribution in [0.25, 0.3) is 16.7 Å². The fraction of sp³-hybridized carbons (Fsp3) is 0.143. The van der Waals surface area contributed by atoms with Crippen LogP contribution in [0.5, 0.6) is 0 Å². The van der Waals surface area contributed by atoms with E-state index in [4.69, 9.17) is 4.52 Å². The Morgan fingerprint density at radius 3 is 3.00 bits per heavy atom. The SMILES string of the molecule is Cc1cc(CSc2nnc3c(=O)[nH]c4ccccc4n23)no1. The predicted molar refractivity (Wildman–Crippen MR) is 81.9 cm³/mol. The molecule has 8 heteroatoms. The summed E-state index contributed by atoms with van der Waals surface area (Å²) in [6.45, 7) is 1.85. The van der Waals surface area contributed by atoms with Gasteiger partial charge in [0.15, 0.2) is 5.16 Å². The van der Waals surface area contributed by atoms with Gasteiger partial charge in [0, 0.05) is 11.8 Å². The van der Waals surface area contributed by atoms with Crippen molar-refractivity contribution in [3.63, 3.8) is 0 Å². The third-order valence-electron chi connectivity index (χ3n) is 3.26. The van der Waals surface area contributed by atoms with Crippen LogP contribution in [-0.4, -0.2) is 24.7 Å². The summed E-state index contributed by atoms with van der Waals surface area (Å²) in [7, 11) is 0. The van der Waals surface area contributed by atoms with E-state index in [0.29, 0.717) is 10.9 Å². The third kappa shape index (κ3) is 2.08. The first-order valence-electron chi connectivity index (χ1n) is 6.63. The second-order valence-corrected chi connectivity index (χ2v) is 5.77. The number of nitrogens with zero attached hydrogens (tertiary/aromatic N) is 4. The molecule has 22 heavy (non-hydrogen) atoms. The maximum absolute atomic E-state index is 12.1. The van der Waals surface area contributed by atoms with Crippen LogP contribution in [0.3, 0.4) is 0 Å². The van der Waals surface area contributed by atoms with E-state index in [1.807, 2.05) is 37.3 Å². The average Bonchev–Trinajstić information content (AvgIpc) is 3.12. The highest BCUT2D eigenvalue weighted by molar-refractivity contribution is 7.98. The summed E-state index contributed by atoms with van der Waals surface area (Å²) in [5.41, 5.74) is 2.47. The Morgan fingerprint density at radius 1 is 1.32 bits per heavy atom. The zero-order valence-electron chi connectivity index (χ0n) is 11.6. The van der Waals surface area contributed by atoms with Crippen LogP contribution in [-0.2, 0) is 5.75 Å². The van der Waals surface area contributed by atoms with Crippen LogP contribution in [0.4, 0.5) is 0 Å². The monoisotopic (exact) mass is 313 g/mol. The molecule has 0 spiro atoms. The van der Waals surface area contributed by atoms with Crippen LogP contribution in [0.2, 0.25) is 0 Å². The maximum atomic E-state index is 12.1. The Bertz CT molecular complexity index is 1030. The lowest BCUT2D eigenvalue weighted by Crippen LogP contribution is -2.11. The van der Waals surface area contributed by atoms with Gasteiger partial charge in [-0.15, -0.1) is 10.2 Å². The van der Waals surface area contributed by atoms with E-state index in [9.17, 15) is 4.79 Å². The van der Waals surface area contributed by atoms with Gasteiger partial charge in [-0.05, 0) is 19.1 Å². The van der Waals surface area contributed by atoms with Crippen molar-refractivity contribution < 1.29 is 4.52 Å². The number of thioether (sulfide) groups is 1. The number of hydrogen-bond acceptors (Lipinski definition) is 6. The molecule has 4 rings (SSSR count). The number of rotatable bonds is 3. The van der Waals surface area contributed by atoms with Crippen molar-refractivity contribution >= 4 is 28.4 Å². The minimum atomic E-state index is -0.254. The molecule has 110 valence electrons. The zero-order valence-corrected chi connectivity index (χ0v) is 12.4. The number of aromatic amines is 1. The number of H-pyrrole nitrogens is 1. The Labute approximate surface area is 128 Å². The molecule has 4 aromatic rings. The van der Waals surface area contributed by atoms with Gasteiger partial charge in [-0.25, -0.2) is 0 Å². The van der Waals surface area contributed by atoms with E-state index in [1.54, 1.807) is 4.40 Å². The van der Waals surface area contributed by atoms with Crippen LogP contribution in [0.1, 0.15) is 11.5 Å². The van der Waals surface area contributed by atoms with Crippen molar-refractivity contribution in [2.45, 2.75) is 17.8 Å². The second-order valence-electron chi connectivity index (χ2n) is 4.83. The first-order valence-corrected chi connectivity index (χ1v) is 7.62. The number of para-hydroxylation sites is 2. The highest BCUT2D eigenvalue weighted by Crippen LogP contribution is 2.23. The smallest absolute Gasteiger partial charge is 0.294 e. The molecule has 0 atom stereocenters. The highest BCUT2D eigenvalue weighted by Gasteiger charge is 2.13. The molecule has 7 nitrogen and oxygen atoms in total. The Hall–Kier alpha value is -2.61. The summed E-state index contributed by atoms with van der Waals surface area (Å²) in [4.78, 5) is 14.9. The summed E-state index contributed by atoms with van der Waals surface area (Å²) in [5, 5.41) is 12.7. The summed E-state index contributed by atoms with van der Waals surface area (Å²) in [6.07, 6.45) is 0. The topological polar surface area (TPSA) is 89.1 Å². The lowest BCUT2D eigenvalue weighted by molar-refractivity contribution is 0.393. The molecule has 0 unspecified atom stereocenters. The quantitative estimate of drug-likeness (QED) is 0.583. The molecule has 0 aliphatic heterocycles.